The molecule has 0 spiro atoms. The molecule has 2 heterocycles. The molecule has 3 aromatic rings. The summed E-state index contributed by atoms with van der Waals surface area (Å²) in [5, 5.41) is 21.8. The van der Waals surface area contributed by atoms with Crippen LogP contribution in [0.15, 0.2) is 84.6 Å². The Kier molecular flexibility index (Phi) is 4.81. The van der Waals surface area contributed by atoms with E-state index in [9.17, 15) is 24.8 Å². The van der Waals surface area contributed by atoms with Crippen molar-refractivity contribution < 1.29 is 19.6 Å². The van der Waals surface area contributed by atoms with Crippen molar-refractivity contribution in [2.45, 2.75) is 6.04 Å². The monoisotopic (exact) mass is 401 g/mol. The molecule has 1 fully saturated rings. The summed E-state index contributed by atoms with van der Waals surface area (Å²) in [6.07, 6.45) is 1.51. The predicted molar refractivity (Wildman–Crippen MR) is 109 cm³/mol. The summed E-state index contributed by atoms with van der Waals surface area (Å²) in [6, 6.07) is 18.0. The van der Waals surface area contributed by atoms with Crippen LogP contribution in [0.1, 0.15) is 17.2 Å². The fraction of sp³-hybridized carbons (Fsp3) is 0.0455. The summed E-state index contributed by atoms with van der Waals surface area (Å²) in [5.74, 6) is -1.80. The lowest BCUT2D eigenvalue weighted by Gasteiger charge is -2.24. The van der Waals surface area contributed by atoms with Crippen LogP contribution in [0.2, 0.25) is 0 Å². The van der Waals surface area contributed by atoms with Gasteiger partial charge in [0.1, 0.15) is 11.6 Å². The van der Waals surface area contributed by atoms with Gasteiger partial charge in [0.05, 0.1) is 16.5 Å². The molecule has 1 aromatic heterocycles. The summed E-state index contributed by atoms with van der Waals surface area (Å²) in [5.41, 5.74) is 0.553. The van der Waals surface area contributed by atoms with Crippen LogP contribution in [0.5, 0.6) is 0 Å². The van der Waals surface area contributed by atoms with Crippen molar-refractivity contribution in [2.75, 3.05) is 4.90 Å². The van der Waals surface area contributed by atoms with E-state index in [2.05, 4.69) is 4.98 Å². The molecule has 148 valence electrons. The van der Waals surface area contributed by atoms with Crippen molar-refractivity contribution in [1.82, 2.24) is 4.98 Å². The minimum Gasteiger partial charge on any atom is -0.507 e. The maximum Gasteiger partial charge on any atom is 0.301 e. The van der Waals surface area contributed by atoms with Crippen molar-refractivity contribution in [2.24, 2.45) is 0 Å². The largest absolute Gasteiger partial charge is 0.507 e. The topological polar surface area (TPSA) is 114 Å². The highest BCUT2D eigenvalue weighted by atomic mass is 16.6. The molecule has 0 saturated carbocycles. The van der Waals surface area contributed by atoms with E-state index in [1.54, 1.807) is 48.5 Å². The maximum atomic E-state index is 12.9. The Balaban J connectivity index is 1.90. The number of nitro groups is 1. The van der Waals surface area contributed by atoms with E-state index in [0.29, 0.717) is 5.56 Å². The van der Waals surface area contributed by atoms with Gasteiger partial charge in [0.15, 0.2) is 0 Å². The van der Waals surface area contributed by atoms with Gasteiger partial charge in [0.25, 0.3) is 11.5 Å². The van der Waals surface area contributed by atoms with Crippen LogP contribution in [0, 0.1) is 10.1 Å². The van der Waals surface area contributed by atoms with Crippen LogP contribution in [0.3, 0.4) is 0 Å². The van der Waals surface area contributed by atoms with Gasteiger partial charge in [-0.2, -0.15) is 0 Å². The first-order valence-electron chi connectivity index (χ1n) is 9.01. The summed E-state index contributed by atoms with van der Waals surface area (Å²) in [7, 11) is 0. The van der Waals surface area contributed by atoms with Gasteiger partial charge in [-0.05, 0) is 29.8 Å². The smallest absolute Gasteiger partial charge is 0.301 e. The Bertz CT molecular complexity index is 1160. The van der Waals surface area contributed by atoms with Crippen molar-refractivity contribution in [3.63, 3.8) is 0 Å². The lowest BCUT2D eigenvalue weighted by Crippen LogP contribution is -2.30. The third-order valence-corrected chi connectivity index (χ3v) is 4.81. The van der Waals surface area contributed by atoms with Crippen LogP contribution in [-0.2, 0) is 9.59 Å². The van der Waals surface area contributed by atoms with Crippen molar-refractivity contribution in [1.29, 1.82) is 0 Å². The Labute approximate surface area is 170 Å². The molecule has 1 unspecified atom stereocenters. The lowest BCUT2D eigenvalue weighted by atomic mass is 9.95. The minimum atomic E-state index is -0.892. The molecular weight excluding hydrogens is 386 g/mol. The highest BCUT2D eigenvalue weighted by molar-refractivity contribution is 6.51. The number of anilines is 1. The number of aliphatic hydroxyl groups excluding tert-OH is 1. The van der Waals surface area contributed by atoms with Crippen LogP contribution in [-0.4, -0.2) is 26.7 Å². The van der Waals surface area contributed by atoms with Crippen LogP contribution in [0.25, 0.3) is 5.76 Å². The van der Waals surface area contributed by atoms with Crippen LogP contribution < -0.4 is 4.90 Å². The summed E-state index contributed by atoms with van der Waals surface area (Å²) < 4.78 is 0. The highest BCUT2D eigenvalue weighted by Crippen LogP contribution is 2.41. The number of pyridine rings is 1. The zero-order chi connectivity index (χ0) is 21.3. The molecule has 1 amide bonds. The van der Waals surface area contributed by atoms with Crippen molar-refractivity contribution in [3.05, 3.63) is 106 Å². The van der Waals surface area contributed by atoms with Gasteiger partial charge in [-0.3, -0.25) is 24.6 Å². The first-order valence-corrected chi connectivity index (χ1v) is 9.01. The van der Waals surface area contributed by atoms with Crippen LogP contribution >= 0.6 is 0 Å². The van der Waals surface area contributed by atoms with Crippen molar-refractivity contribution >= 4 is 29.0 Å². The highest BCUT2D eigenvalue weighted by Gasteiger charge is 2.47. The number of benzene rings is 2. The zero-order valence-corrected chi connectivity index (χ0v) is 15.5. The number of hydrogen-bond donors (Lipinski definition) is 1. The number of carbonyl (C=O) groups excluding carboxylic acids is 2. The number of nitrogens with zero attached hydrogens (tertiary/aromatic N) is 3. The molecule has 4 rings (SSSR count). The molecule has 30 heavy (non-hydrogen) atoms. The number of ketones is 1. The van der Waals surface area contributed by atoms with Gasteiger partial charge in [-0.15, -0.1) is 0 Å². The van der Waals surface area contributed by atoms with Gasteiger partial charge in [-0.1, -0.05) is 36.4 Å². The molecule has 2 aromatic carbocycles. The molecule has 1 saturated heterocycles. The molecule has 1 atom stereocenters. The molecule has 0 bridgehead atoms. The molecule has 8 heteroatoms. The quantitative estimate of drug-likeness (QED) is 0.235. The number of aliphatic hydroxyl groups is 1. The molecule has 0 aliphatic carbocycles. The SMILES string of the molecule is O=C1C(=O)N(c2ccccn2)C(c2ccccc2)C1=C(O)c1ccc([N+](=O)[O-])cc1. The molecular formula is C22H15N3O5. The fourth-order valence-electron chi connectivity index (χ4n) is 3.41. The zero-order valence-electron chi connectivity index (χ0n) is 15.5. The number of carbonyl (C=O) groups is 2. The van der Waals surface area contributed by atoms with Crippen LogP contribution in [0.4, 0.5) is 11.5 Å². The van der Waals surface area contributed by atoms with Gasteiger partial charge in [0.2, 0.25) is 0 Å². The molecule has 1 N–H and O–H groups in total. The first kappa shape index (κ1) is 19.0. The number of rotatable bonds is 4. The Morgan fingerprint density at radius 2 is 1.63 bits per heavy atom. The standard InChI is InChI=1S/C22H15N3O5/c26-20(15-9-11-16(12-10-15)25(29)30)18-19(14-6-2-1-3-7-14)24(22(28)21(18)27)17-8-4-5-13-23-17/h1-13,19,26H. The number of amides is 1. The second-order valence-electron chi connectivity index (χ2n) is 6.57. The van der Waals surface area contributed by atoms with E-state index < -0.39 is 28.4 Å². The average molecular weight is 401 g/mol. The molecule has 8 nitrogen and oxygen atoms in total. The fourth-order valence-corrected chi connectivity index (χ4v) is 3.41. The predicted octanol–water partition coefficient (Wildman–Crippen LogP) is 3.62. The second kappa shape index (κ2) is 7.59. The minimum absolute atomic E-state index is 0.106. The van der Waals surface area contributed by atoms with E-state index in [1.807, 2.05) is 0 Å². The van der Waals surface area contributed by atoms with E-state index in [1.165, 1.54) is 35.4 Å². The summed E-state index contributed by atoms with van der Waals surface area (Å²) in [4.78, 5) is 41.6. The Hall–Kier alpha value is -4.33. The lowest BCUT2D eigenvalue weighted by molar-refractivity contribution is -0.384. The van der Waals surface area contributed by atoms with Gasteiger partial charge in [0, 0.05) is 23.9 Å². The van der Waals surface area contributed by atoms with E-state index in [4.69, 9.17) is 0 Å². The number of nitro benzene ring substituents is 1. The maximum absolute atomic E-state index is 12.9. The van der Waals surface area contributed by atoms with E-state index in [0.717, 1.165) is 0 Å². The summed E-state index contributed by atoms with van der Waals surface area (Å²) in [6.45, 7) is 0. The number of hydrogen-bond acceptors (Lipinski definition) is 6. The van der Waals surface area contributed by atoms with E-state index >= 15 is 0 Å². The number of aromatic nitrogens is 1. The molecule has 1 aliphatic heterocycles. The van der Waals surface area contributed by atoms with Gasteiger partial charge >= 0.3 is 5.91 Å². The van der Waals surface area contributed by atoms with Gasteiger partial charge in [-0.25, -0.2) is 4.98 Å². The number of Topliss-reactive ketones (excluding diaryl/α,β-unsaturated/α-hetero) is 1. The van der Waals surface area contributed by atoms with E-state index in [-0.39, 0.29) is 22.6 Å². The first-order chi connectivity index (χ1) is 14.5. The molecule has 0 radical (unpaired) electrons. The summed E-state index contributed by atoms with van der Waals surface area (Å²) >= 11 is 0. The van der Waals surface area contributed by atoms with Gasteiger partial charge < -0.3 is 5.11 Å². The Morgan fingerprint density at radius 3 is 2.23 bits per heavy atom. The molecule has 1 aliphatic rings. The Morgan fingerprint density at radius 1 is 0.967 bits per heavy atom. The second-order valence-corrected chi connectivity index (χ2v) is 6.57. The van der Waals surface area contributed by atoms with Crippen molar-refractivity contribution in [3.8, 4) is 0 Å². The third kappa shape index (κ3) is 3.20. The average Bonchev–Trinajstić information content (AvgIpc) is 3.05. The normalized spacial score (nSPS) is 17.9. The number of non-ortho nitro benzene ring substituents is 1. The third-order valence-electron chi connectivity index (χ3n) is 4.81.